The van der Waals surface area contributed by atoms with Gasteiger partial charge >= 0.3 is 0 Å². The molecule has 8 heteroatoms. The molecule has 0 fully saturated rings. The van der Waals surface area contributed by atoms with Crippen LogP contribution >= 0.6 is 57.4 Å². The summed E-state index contributed by atoms with van der Waals surface area (Å²) < 4.78 is 26.5. The number of alkyl halides is 3. The number of benzene rings is 2. The second-order valence-electron chi connectivity index (χ2n) is 4.46. The summed E-state index contributed by atoms with van der Waals surface area (Å²) in [5, 5.41) is 0. The molecule has 0 amide bonds. The van der Waals surface area contributed by atoms with Crippen molar-refractivity contribution in [2.75, 3.05) is 0 Å². The van der Waals surface area contributed by atoms with Crippen molar-refractivity contribution in [1.29, 1.82) is 0 Å². The zero-order chi connectivity index (χ0) is 16.4. The molecule has 0 aliphatic carbocycles. The second kappa shape index (κ2) is 7.23. The van der Waals surface area contributed by atoms with E-state index in [1.807, 2.05) is 12.1 Å². The van der Waals surface area contributed by atoms with Crippen LogP contribution in [0.15, 0.2) is 59.5 Å². The molecule has 0 spiro atoms. The maximum atomic E-state index is 12.4. The van der Waals surface area contributed by atoms with Gasteiger partial charge in [-0.15, -0.1) is 0 Å². The van der Waals surface area contributed by atoms with Crippen molar-refractivity contribution in [3.05, 3.63) is 63.7 Å². The summed E-state index contributed by atoms with van der Waals surface area (Å²) in [5.41, 5.74) is 0.569. The fourth-order valence-corrected chi connectivity index (χ4v) is 4.17. The van der Waals surface area contributed by atoms with Crippen LogP contribution in [0.25, 0.3) is 0 Å². The van der Waals surface area contributed by atoms with E-state index >= 15 is 0 Å². The molecule has 118 valence electrons. The highest BCUT2D eigenvalue weighted by Crippen LogP contribution is 2.40. The van der Waals surface area contributed by atoms with Crippen LogP contribution in [0.5, 0.6) is 0 Å². The average Bonchev–Trinajstić information content (AvgIpc) is 2.46. The van der Waals surface area contributed by atoms with Gasteiger partial charge in [-0.1, -0.05) is 65.1 Å². The lowest BCUT2D eigenvalue weighted by Crippen LogP contribution is -2.36. The first-order valence-electron chi connectivity index (χ1n) is 6.10. The lowest BCUT2D eigenvalue weighted by molar-refractivity contribution is 0.558. The van der Waals surface area contributed by atoms with Crippen LogP contribution < -0.4 is 4.72 Å². The monoisotopic (exact) mass is 489 g/mol. The van der Waals surface area contributed by atoms with Crippen molar-refractivity contribution >= 4 is 67.4 Å². The Morgan fingerprint density at radius 3 is 2.00 bits per heavy atom. The van der Waals surface area contributed by atoms with E-state index in [0.29, 0.717) is 5.56 Å². The fourth-order valence-electron chi connectivity index (χ4n) is 1.80. The molecule has 2 rings (SSSR count). The minimum atomic E-state index is -3.81. The Bertz CT molecular complexity index is 731. The van der Waals surface area contributed by atoms with Crippen LogP contribution in [0.4, 0.5) is 0 Å². The van der Waals surface area contributed by atoms with E-state index in [4.69, 9.17) is 34.8 Å². The summed E-state index contributed by atoms with van der Waals surface area (Å²) in [7, 11) is -3.81. The number of rotatable bonds is 4. The lowest BCUT2D eigenvalue weighted by atomic mass is 10.1. The Hall–Kier alpha value is -0.0500. The third kappa shape index (κ3) is 4.72. The van der Waals surface area contributed by atoms with Crippen molar-refractivity contribution < 1.29 is 8.42 Å². The SMILES string of the molecule is O=S(=O)(NC(c1ccc(I)cc1)C(Cl)(Cl)Cl)c1ccccc1. The van der Waals surface area contributed by atoms with Gasteiger partial charge in [0, 0.05) is 3.57 Å². The maximum absolute atomic E-state index is 12.4. The normalized spacial score (nSPS) is 13.8. The second-order valence-corrected chi connectivity index (χ2v) is 9.79. The molecular formula is C14H11Cl3INO2S. The van der Waals surface area contributed by atoms with Crippen LogP contribution in [-0.2, 0) is 10.0 Å². The molecule has 0 aliphatic rings. The van der Waals surface area contributed by atoms with Crippen LogP contribution in [-0.4, -0.2) is 12.2 Å². The first-order valence-corrected chi connectivity index (χ1v) is 9.79. The number of hydrogen-bond acceptors (Lipinski definition) is 2. The molecule has 1 N–H and O–H groups in total. The van der Waals surface area contributed by atoms with Gasteiger partial charge in [0.15, 0.2) is 0 Å². The smallest absolute Gasteiger partial charge is 0.207 e. The first kappa shape index (κ1) is 18.3. The number of hydrogen-bond donors (Lipinski definition) is 1. The van der Waals surface area contributed by atoms with Gasteiger partial charge in [-0.2, -0.15) is 4.72 Å². The largest absolute Gasteiger partial charge is 0.241 e. The molecule has 22 heavy (non-hydrogen) atoms. The van der Waals surface area contributed by atoms with Gasteiger partial charge in [0.2, 0.25) is 13.8 Å². The third-order valence-corrected chi connectivity index (χ3v) is 5.67. The van der Waals surface area contributed by atoms with E-state index in [2.05, 4.69) is 27.3 Å². The molecule has 0 bridgehead atoms. The zero-order valence-electron chi connectivity index (χ0n) is 11.0. The molecule has 0 aliphatic heterocycles. The van der Waals surface area contributed by atoms with E-state index in [1.54, 1.807) is 30.3 Å². The van der Waals surface area contributed by atoms with Gasteiger partial charge in [-0.25, -0.2) is 8.42 Å². The lowest BCUT2D eigenvalue weighted by Gasteiger charge is -2.26. The molecule has 3 nitrogen and oxygen atoms in total. The van der Waals surface area contributed by atoms with Crippen LogP contribution in [0.3, 0.4) is 0 Å². The highest BCUT2D eigenvalue weighted by Gasteiger charge is 2.37. The zero-order valence-corrected chi connectivity index (χ0v) is 16.3. The standard InChI is InChI=1S/C14H11Cl3INO2S/c15-14(16,17)13(10-6-8-11(18)9-7-10)19-22(20,21)12-4-2-1-3-5-12/h1-9,13,19H. The highest BCUT2D eigenvalue weighted by molar-refractivity contribution is 14.1. The van der Waals surface area contributed by atoms with Gasteiger partial charge in [0.25, 0.3) is 0 Å². The number of sulfonamides is 1. The molecule has 1 unspecified atom stereocenters. The first-order chi connectivity index (χ1) is 10.2. The van der Waals surface area contributed by atoms with E-state index in [1.165, 1.54) is 12.1 Å². The third-order valence-electron chi connectivity index (χ3n) is 2.86. The van der Waals surface area contributed by atoms with Crippen LogP contribution in [0.1, 0.15) is 11.6 Å². The van der Waals surface area contributed by atoms with Crippen molar-refractivity contribution in [3.8, 4) is 0 Å². The van der Waals surface area contributed by atoms with Gasteiger partial charge in [-0.05, 0) is 52.4 Å². The molecular weight excluding hydrogens is 479 g/mol. The van der Waals surface area contributed by atoms with Crippen LogP contribution in [0, 0.1) is 3.57 Å². The molecule has 2 aromatic carbocycles. The Labute approximate surface area is 158 Å². The minimum absolute atomic E-state index is 0.111. The van der Waals surface area contributed by atoms with Gasteiger partial charge < -0.3 is 0 Å². The fraction of sp³-hybridized carbons (Fsp3) is 0.143. The molecule has 2 aromatic rings. The summed E-state index contributed by atoms with van der Waals surface area (Å²) in [6, 6.07) is 14.0. The Morgan fingerprint density at radius 2 is 1.50 bits per heavy atom. The van der Waals surface area contributed by atoms with Gasteiger partial charge in [0.1, 0.15) is 0 Å². The summed E-state index contributed by atoms with van der Waals surface area (Å²) >= 11 is 20.0. The minimum Gasteiger partial charge on any atom is -0.207 e. The molecule has 0 aromatic heterocycles. The van der Waals surface area contributed by atoms with E-state index in [0.717, 1.165) is 3.57 Å². The van der Waals surface area contributed by atoms with Crippen LogP contribution in [0.2, 0.25) is 0 Å². The van der Waals surface area contributed by atoms with Crippen molar-refractivity contribution in [2.45, 2.75) is 14.7 Å². The summed E-state index contributed by atoms with van der Waals surface area (Å²) in [4.78, 5) is 0.111. The van der Waals surface area contributed by atoms with E-state index in [9.17, 15) is 8.42 Å². The Kier molecular flexibility index (Phi) is 6.01. The van der Waals surface area contributed by atoms with Gasteiger partial charge in [0.05, 0.1) is 10.9 Å². The van der Waals surface area contributed by atoms with E-state index < -0.39 is 19.9 Å². The summed E-state index contributed by atoms with van der Waals surface area (Å²) in [5.74, 6) is 0. The van der Waals surface area contributed by atoms with E-state index in [-0.39, 0.29) is 4.90 Å². The quantitative estimate of drug-likeness (QED) is 0.500. The number of nitrogens with one attached hydrogen (secondary N) is 1. The number of halogens is 4. The molecule has 0 radical (unpaired) electrons. The predicted octanol–water partition coefficient (Wildman–Crippen LogP) is 4.68. The topological polar surface area (TPSA) is 46.2 Å². The average molecular weight is 491 g/mol. The predicted molar refractivity (Wildman–Crippen MR) is 99.0 cm³/mol. The molecule has 1 atom stereocenters. The molecule has 0 saturated heterocycles. The van der Waals surface area contributed by atoms with Gasteiger partial charge in [-0.3, -0.25) is 0 Å². The summed E-state index contributed by atoms with van der Waals surface area (Å²) in [6.07, 6.45) is 0. The Morgan fingerprint density at radius 1 is 0.955 bits per heavy atom. The highest BCUT2D eigenvalue weighted by atomic mass is 127. The van der Waals surface area contributed by atoms with Crippen molar-refractivity contribution in [1.82, 2.24) is 4.72 Å². The summed E-state index contributed by atoms with van der Waals surface area (Å²) in [6.45, 7) is 0. The van der Waals surface area contributed by atoms with Crippen molar-refractivity contribution in [3.63, 3.8) is 0 Å². The molecule has 0 saturated carbocycles. The maximum Gasteiger partial charge on any atom is 0.241 e. The van der Waals surface area contributed by atoms with Crippen molar-refractivity contribution in [2.24, 2.45) is 0 Å². The molecule has 0 heterocycles. The Balaban J connectivity index is 2.38.